The Bertz CT molecular complexity index is 1820. The number of hydrogen-bond donors (Lipinski definition) is 0. The van der Waals surface area contributed by atoms with Gasteiger partial charge >= 0.3 is 0 Å². The standard InChI is InChI=1S/C33H23ClN4O2/c1-22-15-16-29-25(17-22)20-26(31(34)36-29)21-35-38-32(24-10-4-2-5-11-24)37-30(33(38)39)19-23-9-8-14-28(18-23)40-27-12-6-3-7-13-27/h2-21H,1H3/b30-19-,35-21+. The van der Waals surface area contributed by atoms with Crippen LogP contribution in [0.15, 0.2) is 125 Å². The van der Waals surface area contributed by atoms with Crippen LogP contribution in [0.3, 0.4) is 0 Å². The first-order chi connectivity index (χ1) is 19.5. The zero-order chi connectivity index (χ0) is 27.5. The summed E-state index contributed by atoms with van der Waals surface area (Å²) in [6, 6.07) is 34.3. The van der Waals surface area contributed by atoms with E-state index in [4.69, 9.17) is 16.3 Å². The maximum Gasteiger partial charge on any atom is 0.298 e. The minimum atomic E-state index is -0.356. The molecule has 0 spiro atoms. The number of ether oxygens (including phenoxy) is 1. The van der Waals surface area contributed by atoms with Gasteiger partial charge in [0.15, 0.2) is 5.84 Å². The van der Waals surface area contributed by atoms with Crippen LogP contribution in [0.4, 0.5) is 0 Å². The molecule has 1 aromatic heterocycles. The Balaban J connectivity index is 1.34. The maximum atomic E-state index is 13.6. The number of amides is 1. The highest BCUT2D eigenvalue weighted by atomic mass is 35.5. The number of para-hydroxylation sites is 1. The van der Waals surface area contributed by atoms with Crippen LogP contribution in [0, 0.1) is 6.92 Å². The molecule has 0 unspecified atom stereocenters. The van der Waals surface area contributed by atoms with E-state index in [0.29, 0.717) is 22.3 Å². The van der Waals surface area contributed by atoms with E-state index >= 15 is 0 Å². The molecule has 6 nitrogen and oxygen atoms in total. The molecule has 2 heterocycles. The van der Waals surface area contributed by atoms with Crippen molar-refractivity contribution in [2.75, 3.05) is 0 Å². The lowest BCUT2D eigenvalue weighted by atomic mass is 10.1. The fraction of sp³-hybridized carbons (Fsp3) is 0.0303. The van der Waals surface area contributed by atoms with Crippen LogP contribution in [0.25, 0.3) is 17.0 Å². The highest BCUT2D eigenvalue weighted by molar-refractivity contribution is 6.32. The molecule has 0 bridgehead atoms. The largest absolute Gasteiger partial charge is 0.457 e. The minimum absolute atomic E-state index is 0.256. The molecule has 0 fully saturated rings. The summed E-state index contributed by atoms with van der Waals surface area (Å²) >= 11 is 6.47. The first-order valence-electron chi connectivity index (χ1n) is 12.7. The van der Waals surface area contributed by atoms with Gasteiger partial charge in [0.1, 0.15) is 22.3 Å². The van der Waals surface area contributed by atoms with Crippen molar-refractivity contribution < 1.29 is 9.53 Å². The molecule has 0 aliphatic carbocycles. The quantitative estimate of drug-likeness (QED) is 0.126. The van der Waals surface area contributed by atoms with Crippen molar-refractivity contribution in [3.8, 4) is 11.5 Å². The lowest BCUT2D eigenvalue weighted by molar-refractivity contribution is -0.122. The Morgan fingerprint density at radius 3 is 2.40 bits per heavy atom. The Kier molecular flexibility index (Phi) is 6.91. The Morgan fingerprint density at radius 1 is 0.850 bits per heavy atom. The van der Waals surface area contributed by atoms with Crippen LogP contribution < -0.4 is 4.74 Å². The first kappa shape index (κ1) is 25.2. The number of amidine groups is 1. The van der Waals surface area contributed by atoms with Gasteiger partial charge in [-0.05, 0) is 61.0 Å². The van der Waals surface area contributed by atoms with E-state index in [2.05, 4.69) is 15.1 Å². The number of aryl methyl sites for hydroxylation is 1. The molecule has 1 amide bonds. The molecule has 5 aromatic rings. The summed E-state index contributed by atoms with van der Waals surface area (Å²) in [7, 11) is 0. The number of halogens is 1. The van der Waals surface area contributed by atoms with Crippen molar-refractivity contribution in [1.82, 2.24) is 9.99 Å². The van der Waals surface area contributed by atoms with Crippen LogP contribution in [0.1, 0.15) is 22.3 Å². The van der Waals surface area contributed by atoms with Gasteiger partial charge in [-0.1, -0.05) is 83.9 Å². The number of benzene rings is 4. The third kappa shape index (κ3) is 5.39. The molecule has 1 aliphatic heterocycles. The Morgan fingerprint density at radius 2 is 1.60 bits per heavy atom. The summed E-state index contributed by atoms with van der Waals surface area (Å²) in [5.41, 5.74) is 4.29. The van der Waals surface area contributed by atoms with E-state index < -0.39 is 0 Å². The number of fused-ring (bicyclic) bond motifs is 1. The van der Waals surface area contributed by atoms with Gasteiger partial charge in [-0.15, -0.1) is 0 Å². The third-order valence-electron chi connectivity index (χ3n) is 6.27. The third-order valence-corrected chi connectivity index (χ3v) is 6.58. The topological polar surface area (TPSA) is 67.2 Å². The number of aliphatic imine (C=N–C) groups is 1. The van der Waals surface area contributed by atoms with Gasteiger partial charge in [0, 0.05) is 16.5 Å². The van der Waals surface area contributed by atoms with Gasteiger partial charge in [-0.25, -0.2) is 9.98 Å². The van der Waals surface area contributed by atoms with Crippen molar-refractivity contribution in [3.05, 3.63) is 142 Å². The summed E-state index contributed by atoms with van der Waals surface area (Å²) in [4.78, 5) is 22.7. The normalized spacial score (nSPS) is 14.3. The van der Waals surface area contributed by atoms with Crippen LogP contribution >= 0.6 is 11.6 Å². The molecule has 194 valence electrons. The summed E-state index contributed by atoms with van der Waals surface area (Å²) in [6.45, 7) is 2.02. The number of hydrogen-bond acceptors (Lipinski definition) is 5. The van der Waals surface area contributed by atoms with Gasteiger partial charge in [-0.2, -0.15) is 10.1 Å². The van der Waals surface area contributed by atoms with Crippen LogP contribution in [-0.4, -0.2) is 28.0 Å². The summed E-state index contributed by atoms with van der Waals surface area (Å²) in [5, 5.41) is 7.06. The van der Waals surface area contributed by atoms with E-state index in [1.54, 1.807) is 12.3 Å². The fourth-order valence-corrected chi connectivity index (χ4v) is 4.53. The fourth-order valence-electron chi connectivity index (χ4n) is 4.34. The second kappa shape index (κ2) is 11.0. The van der Waals surface area contributed by atoms with E-state index in [1.165, 1.54) is 5.01 Å². The summed E-state index contributed by atoms with van der Waals surface area (Å²) in [6.07, 6.45) is 3.27. The summed E-state index contributed by atoms with van der Waals surface area (Å²) < 4.78 is 5.96. The van der Waals surface area contributed by atoms with Crippen molar-refractivity contribution in [1.29, 1.82) is 0 Å². The smallest absolute Gasteiger partial charge is 0.298 e. The lowest BCUT2D eigenvalue weighted by Gasteiger charge is -2.12. The molecule has 0 atom stereocenters. The minimum Gasteiger partial charge on any atom is -0.457 e. The van der Waals surface area contributed by atoms with E-state index in [9.17, 15) is 4.79 Å². The van der Waals surface area contributed by atoms with Gasteiger partial charge in [-0.3, -0.25) is 4.79 Å². The van der Waals surface area contributed by atoms with E-state index in [0.717, 1.165) is 33.3 Å². The number of rotatable bonds is 6. The molecule has 0 saturated carbocycles. The number of pyridine rings is 1. The number of carbonyl (C=O) groups excluding carboxylic acids is 1. The predicted octanol–water partition coefficient (Wildman–Crippen LogP) is 7.65. The molecule has 1 aliphatic rings. The Hall–Kier alpha value is -5.07. The summed E-state index contributed by atoms with van der Waals surface area (Å²) in [5.74, 6) is 1.45. The average Bonchev–Trinajstić information content (AvgIpc) is 3.28. The lowest BCUT2D eigenvalue weighted by Crippen LogP contribution is -2.27. The van der Waals surface area contributed by atoms with Crippen LogP contribution in [0.5, 0.6) is 11.5 Å². The number of hydrazone groups is 1. The molecule has 0 saturated heterocycles. The molecule has 0 N–H and O–H groups in total. The molecule has 4 aromatic carbocycles. The monoisotopic (exact) mass is 542 g/mol. The Labute approximate surface area is 236 Å². The molecular weight excluding hydrogens is 520 g/mol. The number of carbonyl (C=O) groups is 1. The number of aromatic nitrogens is 1. The molecule has 0 radical (unpaired) electrons. The molecule has 7 heteroatoms. The molecule has 6 rings (SSSR count). The first-order valence-corrected chi connectivity index (χ1v) is 13.1. The van der Waals surface area contributed by atoms with Crippen molar-refractivity contribution in [2.24, 2.45) is 10.1 Å². The highest BCUT2D eigenvalue weighted by Gasteiger charge is 2.31. The van der Waals surface area contributed by atoms with Gasteiger partial charge < -0.3 is 4.74 Å². The zero-order valence-corrected chi connectivity index (χ0v) is 22.3. The van der Waals surface area contributed by atoms with Gasteiger partial charge in [0.25, 0.3) is 5.91 Å². The van der Waals surface area contributed by atoms with Crippen molar-refractivity contribution in [2.45, 2.75) is 6.92 Å². The highest BCUT2D eigenvalue weighted by Crippen LogP contribution is 2.27. The van der Waals surface area contributed by atoms with E-state index in [1.807, 2.05) is 116 Å². The number of nitrogens with zero attached hydrogens (tertiary/aromatic N) is 4. The van der Waals surface area contributed by atoms with Crippen molar-refractivity contribution >= 4 is 46.5 Å². The van der Waals surface area contributed by atoms with Crippen molar-refractivity contribution in [3.63, 3.8) is 0 Å². The molecule has 40 heavy (non-hydrogen) atoms. The van der Waals surface area contributed by atoms with E-state index in [-0.39, 0.29) is 11.6 Å². The second-order valence-electron chi connectivity index (χ2n) is 9.24. The van der Waals surface area contributed by atoms with Crippen LogP contribution in [-0.2, 0) is 4.79 Å². The average molecular weight is 543 g/mol. The van der Waals surface area contributed by atoms with Gasteiger partial charge in [0.2, 0.25) is 0 Å². The SMILES string of the molecule is Cc1ccc2nc(Cl)c(/C=N/N3C(=O)/C(=C/c4cccc(Oc5ccccc5)c4)N=C3c3ccccc3)cc2c1. The molecular formula is C33H23ClN4O2. The second-order valence-corrected chi connectivity index (χ2v) is 9.60. The zero-order valence-electron chi connectivity index (χ0n) is 21.5. The predicted molar refractivity (Wildman–Crippen MR) is 160 cm³/mol. The maximum absolute atomic E-state index is 13.6. The van der Waals surface area contributed by atoms with Gasteiger partial charge in [0.05, 0.1) is 11.7 Å². The van der Waals surface area contributed by atoms with Crippen LogP contribution in [0.2, 0.25) is 5.15 Å².